The standard InChI is InChI=1S/C14H12N6/c15-13-12-14(18-7-17-13)20(8-19-12)6-10-3-1-2-9-4-5-16-11(9)10/h1-5,7-8,16H,6H2,(H2,15,17,18). The molecule has 3 aromatic heterocycles. The van der Waals surface area contributed by atoms with Gasteiger partial charge in [0, 0.05) is 6.20 Å². The number of rotatable bonds is 2. The molecule has 0 unspecified atom stereocenters. The van der Waals surface area contributed by atoms with Crippen molar-refractivity contribution in [3.63, 3.8) is 0 Å². The Kier molecular flexibility index (Phi) is 2.23. The molecular formula is C14H12N6. The van der Waals surface area contributed by atoms with Crippen molar-refractivity contribution in [1.29, 1.82) is 0 Å². The molecule has 98 valence electrons. The van der Waals surface area contributed by atoms with Gasteiger partial charge in [-0.2, -0.15) is 0 Å². The Morgan fingerprint density at radius 1 is 1.15 bits per heavy atom. The third kappa shape index (κ3) is 1.55. The van der Waals surface area contributed by atoms with Crippen LogP contribution in [0.3, 0.4) is 0 Å². The average Bonchev–Trinajstić information content (AvgIpc) is 3.07. The Balaban J connectivity index is 1.85. The molecular weight excluding hydrogens is 252 g/mol. The molecule has 4 rings (SSSR count). The molecule has 0 atom stereocenters. The van der Waals surface area contributed by atoms with Crippen molar-refractivity contribution < 1.29 is 0 Å². The lowest BCUT2D eigenvalue weighted by molar-refractivity contribution is 0.817. The van der Waals surface area contributed by atoms with Crippen LogP contribution in [0.2, 0.25) is 0 Å². The van der Waals surface area contributed by atoms with E-state index in [1.807, 2.05) is 16.8 Å². The number of anilines is 1. The van der Waals surface area contributed by atoms with Gasteiger partial charge in [0.1, 0.15) is 11.8 Å². The third-order valence-electron chi connectivity index (χ3n) is 3.44. The molecule has 1 aromatic carbocycles. The molecule has 0 saturated heterocycles. The number of benzene rings is 1. The highest BCUT2D eigenvalue weighted by atomic mass is 15.1. The maximum atomic E-state index is 5.80. The number of fused-ring (bicyclic) bond motifs is 2. The second kappa shape index (κ2) is 4.06. The number of hydrogen-bond acceptors (Lipinski definition) is 4. The summed E-state index contributed by atoms with van der Waals surface area (Å²) in [6.45, 7) is 0.685. The summed E-state index contributed by atoms with van der Waals surface area (Å²) in [5.41, 5.74) is 9.52. The Hall–Kier alpha value is -2.89. The van der Waals surface area contributed by atoms with Crippen LogP contribution >= 0.6 is 0 Å². The molecule has 0 aliphatic heterocycles. The zero-order chi connectivity index (χ0) is 13.5. The van der Waals surface area contributed by atoms with Crippen LogP contribution in [0.1, 0.15) is 5.56 Å². The van der Waals surface area contributed by atoms with Crippen molar-refractivity contribution in [3.8, 4) is 0 Å². The van der Waals surface area contributed by atoms with Crippen molar-refractivity contribution in [3.05, 3.63) is 48.7 Å². The third-order valence-corrected chi connectivity index (χ3v) is 3.44. The van der Waals surface area contributed by atoms with Crippen molar-refractivity contribution in [2.45, 2.75) is 6.54 Å². The van der Waals surface area contributed by atoms with Gasteiger partial charge in [0.05, 0.1) is 18.4 Å². The van der Waals surface area contributed by atoms with Gasteiger partial charge in [-0.05, 0) is 17.0 Å². The van der Waals surface area contributed by atoms with E-state index in [0.717, 1.165) is 11.2 Å². The molecule has 0 bridgehead atoms. The first-order chi connectivity index (χ1) is 9.83. The van der Waals surface area contributed by atoms with Gasteiger partial charge in [0.25, 0.3) is 0 Å². The lowest BCUT2D eigenvalue weighted by Gasteiger charge is -2.05. The first-order valence-electron chi connectivity index (χ1n) is 6.29. The highest BCUT2D eigenvalue weighted by Crippen LogP contribution is 2.20. The quantitative estimate of drug-likeness (QED) is 0.579. The monoisotopic (exact) mass is 264 g/mol. The van der Waals surface area contributed by atoms with E-state index >= 15 is 0 Å². The molecule has 6 heteroatoms. The molecule has 0 radical (unpaired) electrons. The highest BCUT2D eigenvalue weighted by molar-refractivity contribution is 5.83. The van der Waals surface area contributed by atoms with Crippen LogP contribution in [0.4, 0.5) is 5.82 Å². The minimum absolute atomic E-state index is 0.409. The minimum Gasteiger partial charge on any atom is -0.382 e. The predicted octanol–water partition coefficient (Wildman–Crippen LogP) is 1.94. The number of hydrogen-bond donors (Lipinski definition) is 2. The van der Waals surface area contributed by atoms with Crippen LogP contribution in [-0.4, -0.2) is 24.5 Å². The Labute approximate surface area is 114 Å². The van der Waals surface area contributed by atoms with Gasteiger partial charge in [-0.25, -0.2) is 15.0 Å². The second-order valence-electron chi connectivity index (χ2n) is 4.66. The van der Waals surface area contributed by atoms with E-state index in [0.29, 0.717) is 17.9 Å². The second-order valence-corrected chi connectivity index (χ2v) is 4.66. The first kappa shape index (κ1) is 11.0. The number of nitrogen functional groups attached to an aromatic ring is 1. The normalized spacial score (nSPS) is 11.4. The van der Waals surface area contributed by atoms with E-state index in [4.69, 9.17) is 5.73 Å². The number of imidazole rings is 1. The molecule has 3 heterocycles. The maximum Gasteiger partial charge on any atom is 0.165 e. The van der Waals surface area contributed by atoms with Crippen LogP contribution in [0.15, 0.2) is 43.1 Å². The molecule has 0 saturated carbocycles. The molecule has 0 aliphatic rings. The van der Waals surface area contributed by atoms with E-state index in [-0.39, 0.29) is 0 Å². The van der Waals surface area contributed by atoms with E-state index in [1.54, 1.807) is 6.33 Å². The molecule has 0 amide bonds. The number of nitrogens with one attached hydrogen (secondary N) is 1. The summed E-state index contributed by atoms with van der Waals surface area (Å²) in [6, 6.07) is 8.29. The fraction of sp³-hybridized carbons (Fsp3) is 0.0714. The summed E-state index contributed by atoms with van der Waals surface area (Å²) in [4.78, 5) is 15.8. The van der Waals surface area contributed by atoms with Crippen LogP contribution in [-0.2, 0) is 6.54 Å². The summed E-state index contributed by atoms with van der Waals surface area (Å²) in [5, 5.41) is 1.20. The number of para-hydroxylation sites is 1. The predicted molar refractivity (Wildman–Crippen MR) is 77.1 cm³/mol. The number of aromatic amines is 1. The molecule has 0 spiro atoms. The van der Waals surface area contributed by atoms with Crippen molar-refractivity contribution in [1.82, 2.24) is 24.5 Å². The Bertz CT molecular complexity index is 904. The smallest absolute Gasteiger partial charge is 0.165 e. The zero-order valence-corrected chi connectivity index (χ0v) is 10.6. The summed E-state index contributed by atoms with van der Waals surface area (Å²) >= 11 is 0. The Morgan fingerprint density at radius 3 is 3.05 bits per heavy atom. The van der Waals surface area contributed by atoms with Gasteiger partial charge < -0.3 is 15.3 Å². The molecule has 4 aromatic rings. The summed E-state index contributed by atoms with van der Waals surface area (Å²) in [7, 11) is 0. The summed E-state index contributed by atoms with van der Waals surface area (Å²) in [6.07, 6.45) is 5.16. The van der Waals surface area contributed by atoms with Gasteiger partial charge in [0.2, 0.25) is 0 Å². The van der Waals surface area contributed by atoms with Crippen LogP contribution < -0.4 is 5.73 Å². The van der Waals surface area contributed by atoms with Crippen LogP contribution in [0.25, 0.3) is 22.1 Å². The first-order valence-corrected chi connectivity index (χ1v) is 6.29. The van der Waals surface area contributed by atoms with Gasteiger partial charge >= 0.3 is 0 Å². The van der Waals surface area contributed by atoms with Gasteiger partial charge in [-0.15, -0.1) is 0 Å². The number of nitrogens with zero attached hydrogens (tertiary/aromatic N) is 4. The highest BCUT2D eigenvalue weighted by Gasteiger charge is 2.09. The minimum atomic E-state index is 0.409. The molecule has 0 aliphatic carbocycles. The number of H-pyrrole nitrogens is 1. The van der Waals surface area contributed by atoms with Crippen LogP contribution in [0.5, 0.6) is 0 Å². The van der Waals surface area contributed by atoms with E-state index in [9.17, 15) is 0 Å². The van der Waals surface area contributed by atoms with Crippen molar-refractivity contribution in [2.24, 2.45) is 0 Å². The fourth-order valence-electron chi connectivity index (χ4n) is 2.48. The van der Waals surface area contributed by atoms with Gasteiger partial charge in [-0.1, -0.05) is 18.2 Å². The zero-order valence-electron chi connectivity index (χ0n) is 10.6. The SMILES string of the molecule is Nc1ncnc2c1ncn2Cc1cccc2cc[nH]c12. The molecule has 0 fully saturated rings. The largest absolute Gasteiger partial charge is 0.382 e. The molecule has 20 heavy (non-hydrogen) atoms. The summed E-state index contributed by atoms with van der Waals surface area (Å²) < 4.78 is 1.98. The summed E-state index contributed by atoms with van der Waals surface area (Å²) in [5.74, 6) is 0.409. The van der Waals surface area contributed by atoms with E-state index < -0.39 is 0 Å². The van der Waals surface area contributed by atoms with Gasteiger partial charge in [-0.3, -0.25) is 0 Å². The van der Waals surface area contributed by atoms with E-state index in [1.165, 1.54) is 17.3 Å². The molecule has 6 nitrogen and oxygen atoms in total. The van der Waals surface area contributed by atoms with Crippen molar-refractivity contribution >= 4 is 27.9 Å². The van der Waals surface area contributed by atoms with Crippen molar-refractivity contribution in [2.75, 3.05) is 5.73 Å². The Morgan fingerprint density at radius 2 is 2.10 bits per heavy atom. The lowest BCUT2D eigenvalue weighted by Crippen LogP contribution is -2.01. The topological polar surface area (TPSA) is 85.4 Å². The number of nitrogens with two attached hydrogens (primary N) is 1. The fourth-order valence-corrected chi connectivity index (χ4v) is 2.48. The van der Waals surface area contributed by atoms with Crippen LogP contribution in [0, 0.1) is 0 Å². The molecule has 3 N–H and O–H groups in total. The maximum absolute atomic E-state index is 5.80. The lowest BCUT2D eigenvalue weighted by atomic mass is 10.1. The van der Waals surface area contributed by atoms with E-state index in [2.05, 4.69) is 38.1 Å². The number of aromatic nitrogens is 5. The van der Waals surface area contributed by atoms with Gasteiger partial charge in [0.15, 0.2) is 11.5 Å². The average molecular weight is 264 g/mol.